The molecule has 5 nitrogen and oxygen atoms in total. The third-order valence-corrected chi connectivity index (χ3v) is 3.18. The molecule has 1 heterocycles. The molecule has 0 bridgehead atoms. The first-order valence-corrected chi connectivity index (χ1v) is 6.96. The molecule has 0 aromatic rings. The zero-order valence-electron chi connectivity index (χ0n) is 11.7. The van der Waals surface area contributed by atoms with E-state index in [2.05, 4.69) is 16.0 Å². The molecule has 1 rings (SSSR count). The number of hydrogen-bond acceptors (Lipinski definition) is 3. The maximum Gasteiger partial charge on any atom is 0.221 e. The molecule has 1 aliphatic rings. The van der Waals surface area contributed by atoms with Crippen LogP contribution in [0.25, 0.3) is 0 Å². The van der Waals surface area contributed by atoms with E-state index < -0.39 is 0 Å². The van der Waals surface area contributed by atoms with Crippen molar-refractivity contribution in [2.75, 3.05) is 26.2 Å². The van der Waals surface area contributed by atoms with Gasteiger partial charge in [0.15, 0.2) is 0 Å². The van der Waals surface area contributed by atoms with E-state index in [9.17, 15) is 9.59 Å². The molecule has 1 saturated heterocycles. The molecule has 0 saturated carbocycles. The molecule has 1 fully saturated rings. The van der Waals surface area contributed by atoms with Gasteiger partial charge in [-0.3, -0.25) is 9.59 Å². The Balaban J connectivity index is 0.00000324. The van der Waals surface area contributed by atoms with Crippen LogP contribution in [-0.4, -0.2) is 38.0 Å². The summed E-state index contributed by atoms with van der Waals surface area (Å²) in [6, 6.07) is 0. The third-order valence-electron chi connectivity index (χ3n) is 3.18. The number of carbonyl (C=O) groups excluding carboxylic acids is 2. The molecule has 1 aliphatic heterocycles. The van der Waals surface area contributed by atoms with Crippen LogP contribution in [0.4, 0.5) is 0 Å². The zero-order chi connectivity index (χ0) is 13.2. The van der Waals surface area contributed by atoms with Gasteiger partial charge in [0.25, 0.3) is 0 Å². The van der Waals surface area contributed by atoms with Gasteiger partial charge in [-0.2, -0.15) is 0 Å². The standard InChI is InChI=1S/C13H25N3O2.ClH/c1-2-6-15-12(17)5-9-16-13(18)10-11-3-7-14-8-4-11;/h11,14H,2-10H2,1H3,(H,15,17)(H,16,18);1H. The molecule has 112 valence electrons. The molecule has 0 unspecified atom stereocenters. The molecule has 0 radical (unpaired) electrons. The van der Waals surface area contributed by atoms with Crippen molar-refractivity contribution in [3.05, 3.63) is 0 Å². The van der Waals surface area contributed by atoms with Crippen LogP contribution in [0.15, 0.2) is 0 Å². The van der Waals surface area contributed by atoms with Crippen LogP contribution >= 0.6 is 12.4 Å². The Labute approximate surface area is 121 Å². The lowest BCUT2D eigenvalue weighted by Gasteiger charge is -2.21. The molecule has 2 amide bonds. The Hall–Kier alpha value is -0.810. The molecule has 0 atom stereocenters. The molecule has 0 aromatic carbocycles. The number of amides is 2. The molecule has 0 aliphatic carbocycles. The first-order valence-electron chi connectivity index (χ1n) is 6.96. The van der Waals surface area contributed by atoms with Crippen LogP contribution in [0, 0.1) is 5.92 Å². The van der Waals surface area contributed by atoms with Crippen molar-refractivity contribution in [1.82, 2.24) is 16.0 Å². The van der Waals surface area contributed by atoms with Gasteiger partial charge in [-0.15, -0.1) is 12.4 Å². The summed E-state index contributed by atoms with van der Waals surface area (Å²) in [4.78, 5) is 22.9. The lowest BCUT2D eigenvalue weighted by atomic mass is 9.94. The average Bonchev–Trinajstić information content (AvgIpc) is 2.37. The van der Waals surface area contributed by atoms with Crippen molar-refractivity contribution in [2.24, 2.45) is 5.92 Å². The lowest BCUT2D eigenvalue weighted by Crippen LogP contribution is -2.34. The Bertz CT molecular complexity index is 269. The fourth-order valence-corrected chi connectivity index (χ4v) is 2.09. The van der Waals surface area contributed by atoms with E-state index in [4.69, 9.17) is 0 Å². The van der Waals surface area contributed by atoms with Gasteiger partial charge < -0.3 is 16.0 Å². The normalized spacial score (nSPS) is 15.4. The van der Waals surface area contributed by atoms with Crippen molar-refractivity contribution in [3.63, 3.8) is 0 Å². The predicted molar refractivity (Wildman–Crippen MR) is 78.4 cm³/mol. The second kappa shape index (κ2) is 11.1. The summed E-state index contributed by atoms with van der Waals surface area (Å²) in [5, 5.41) is 8.89. The highest BCUT2D eigenvalue weighted by molar-refractivity contribution is 5.85. The first kappa shape index (κ1) is 18.2. The summed E-state index contributed by atoms with van der Waals surface area (Å²) in [6.45, 7) is 5.19. The number of piperidine rings is 1. The van der Waals surface area contributed by atoms with Crippen LogP contribution in [0.2, 0.25) is 0 Å². The summed E-state index contributed by atoms with van der Waals surface area (Å²) in [7, 11) is 0. The second-order valence-corrected chi connectivity index (χ2v) is 4.85. The molecule has 0 aromatic heterocycles. The van der Waals surface area contributed by atoms with E-state index in [0.717, 1.165) is 32.4 Å². The van der Waals surface area contributed by atoms with Crippen molar-refractivity contribution in [2.45, 2.75) is 39.0 Å². The van der Waals surface area contributed by atoms with Gasteiger partial charge in [-0.1, -0.05) is 6.92 Å². The van der Waals surface area contributed by atoms with Crippen molar-refractivity contribution >= 4 is 24.2 Å². The predicted octanol–water partition coefficient (Wildman–Crippen LogP) is 0.830. The quantitative estimate of drug-likeness (QED) is 0.651. The van der Waals surface area contributed by atoms with Gasteiger partial charge in [0, 0.05) is 25.9 Å². The third kappa shape index (κ3) is 8.83. The summed E-state index contributed by atoms with van der Waals surface area (Å²) >= 11 is 0. The van der Waals surface area contributed by atoms with Gasteiger partial charge in [0.05, 0.1) is 0 Å². The highest BCUT2D eigenvalue weighted by atomic mass is 35.5. The average molecular weight is 292 g/mol. The summed E-state index contributed by atoms with van der Waals surface area (Å²) in [6.07, 6.45) is 4.05. The Kier molecular flexibility index (Phi) is 10.6. The van der Waals surface area contributed by atoms with E-state index >= 15 is 0 Å². The largest absolute Gasteiger partial charge is 0.356 e. The van der Waals surface area contributed by atoms with Crippen LogP contribution < -0.4 is 16.0 Å². The van der Waals surface area contributed by atoms with E-state index in [0.29, 0.717) is 31.8 Å². The molecular formula is C13H26ClN3O2. The number of carbonyl (C=O) groups is 2. The number of nitrogens with one attached hydrogen (secondary N) is 3. The van der Waals surface area contributed by atoms with Crippen molar-refractivity contribution in [1.29, 1.82) is 0 Å². The first-order chi connectivity index (χ1) is 8.72. The molecule has 6 heteroatoms. The minimum Gasteiger partial charge on any atom is -0.356 e. The SMILES string of the molecule is CCCNC(=O)CCNC(=O)CC1CCNCC1.Cl. The molecule has 19 heavy (non-hydrogen) atoms. The maximum atomic E-state index is 11.6. The van der Waals surface area contributed by atoms with Crippen molar-refractivity contribution in [3.8, 4) is 0 Å². The zero-order valence-corrected chi connectivity index (χ0v) is 12.5. The van der Waals surface area contributed by atoms with Crippen LogP contribution in [0.5, 0.6) is 0 Å². The topological polar surface area (TPSA) is 70.2 Å². The van der Waals surface area contributed by atoms with Gasteiger partial charge in [0.1, 0.15) is 0 Å². The second-order valence-electron chi connectivity index (χ2n) is 4.85. The number of hydrogen-bond donors (Lipinski definition) is 3. The maximum absolute atomic E-state index is 11.6. The van der Waals surface area contributed by atoms with Gasteiger partial charge in [0.2, 0.25) is 11.8 Å². The van der Waals surface area contributed by atoms with Crippen LogP contribution in [0.3, 0.4) is 0 Å². The minimum absolute atomic E-state index is 0. The summed E-state index contributed by atoms with van der Waals surface area (Å²) < 4.78 is 0. The van der Waals surface area contributed by atoms with Gasteiger partial charge in [-0.25, -0.2) is 0 Å². The number of rotatable bonds is 7. The van der Waals surface area contributed by atoms with Crippen LogP contribution in [0.1, 0.15) is 39.0 Å². The van der Waals surface area contributed by atoms with Gasteiger partial charge >= 0.3 is 0 Å². The van der Waals surface area contributed by atoms with E-state index in [-0.39, 0.29) is 24.2 Å². The summed E-state index contributed by atoms with van der Waals surface area (Å²) in [5.41, 5.74) is 0. The van der Waals surface area contributed by atoms with Crippen LogP contribution in [-0.2, 0) is 9.59 Å². The van der Waals surface area contributed by atoms with E-state index in [1.54, 1.807) is 0 Å². The smallest absolute Gasteiger partial charge is 0.221 e. The Morgan fingerprint density at radius 1 is 1.11 bits per heavy atom. The van der Waals surface area contributed by atoms with E-state index in [1.807, 2.05) is 6.92 Å². The minimum atomic E-state index is 0. The highest BCUT2D eigenvalue weighted by Crippen LogP contribution is 2.15. The summed E-state index contributed by atoms with van der Waals surface area (Å²) in [5.74, 6) is 0.587. The fourth-order valence-electron chi connectivity index (χ4n) is 2.09. The molecule has 0 spiro atoms. The lowest BCUT2D eigenvalue weighted by molar-refractivity contribution is -0.123. The monoisotopic (exact) mass is 291 g/mol. The highest BCUT2D eigenvalue weighted by Gasteiger charge is 2.16. The Morgan fingerprint density at radius 2 is 1.74 bits per heavy atom. The van der Waals surface area contributed by atoms with Crippen molar-refractivity contribution < 1.29 is 9.59 Å². The van der Waals surface area contributed by atoms with Gasteiger partial charge in [-0.05, 0) is 38.3 Å². The van der Waals surface area contributed by atoms with E-state index in [1.165, 1.54) is 0 Å². The molecule has 3 N–H and O–H groups in total. The number of halogens is 1. The molecular weight excluding hydrogens is 266 g/mol. The fraction of sp³-hybridized carbons (Fsp3) is 0.846. The Morgan fingerprint density at radius 3 is 2.37 bits per heavy atom.